The number of non-ortho nitro benzene ring substituents is 1. The molecule has 106 valence electrons. The van der Waals surface area contributed by atoms with Gasteiger partial charge in [0.2, 0.25) is 0 Å². The molecular weight excluding hydrogens is 286 g/mol. The van der Waals surface area contributed by atoms with E-state index in [2.05, 4.69) is 4.98 Å². The van der Waals surface area contributed by atoms with E-state index in [4.69, 9.17) is 0 Å². The highest BCUT2D eigenvalue weighted by atomic mass is 32.2. The van der Waals surface area contributed by atoms with Gasteiger partial charge < -0.3 is 4.57 Å². The number of aryl methyl sites for hydroxylation is 1. The lowest BCUT2D eigenvalue weighted by Gasteiger charge is -2.02. The molecule has 3 rings (SSSR count). The maximum Gasteiger partial charge on any atom is 0.269 e. The van der Waals surface area contributed by atoms with Crippen molar-refractivity contribution in [1.29, 1.82) is 0 Å². The van der Waals surface area contributed by atoms with Gasteiger partial charge in [-0.1, -0.05) is 36.0 Å². The molecule has 0 saturated carbocycles. The predicted octanol–water partition coefficient (Wildman–Crippen LogP) is 3.77. The van der Waals surface area contributed by atoms with Crippen LogP contribution in [0.4, 0.5) is 5.69 Å². The molecule has 1 heterocycles. The molecule has 5 nitrogen and oxygen atoms in total. The van der Waals surface area contributed by atoms with E-state index in [9.17, 15) is 10.1 Å². The van der Waals surface area contributed by atoms with Gasteiger partial charge in [-0.05, 0) is 17.7 Å². The second-order valence-electron chi connectivity index (χ2n) is 4.66. The van der Waals surface area contributed by atoms with E-state index in [1.54, 1.807) is 23.9 Å². The third-order valence-electron chi connectivity index (χ3n) is 3.24. The Morgan fingerprint density at radius 2 is 2.05 bits per heavy atom. The minimum Gasteiger partial charge on any atom is -0.322 e. The number of rotatable bonds is 4. The fraction of sp³-hybridized carbons (Fsp3) is 0.133. The third-order valence-corrected chi connectivity index (χ3v) is 4.34. The average molecular weight is 299 g/mol. The summed E-state index contributed by atoms with van der Waals surface area (Å²) in [6.07, 6.45) is 0. The lowest BCUT2D eigenvalue weighted by atomic mass is 10.2. The van der Waals surface area contributed by atoms with Gasteiger partial charge in [-0.25, -0.2) is 4.98 Å². The van der Waals surface area contributed by atoms with E-state index in [0.29, 0.717) is 5.75 Å². The minimum absolute atomic E-state index is 0.123. The van der Waals surface area contributed by atoms with Crippen LogP contribution < -0.4 is 0 Å². The molecule has 21 heavy (non-hydrogen) atoms. The van der Waals surface area contributed by atoms with Crippen LogP contribution in [-0.2, 0) is 12.8 Å². The Kier molecular flexibility index (Phi) is 3.62. The summed E-state index contributed by atoms with van der Waals surface area (Å²) in [5.74, 6) is 0.652. The van der Waals surface area contributed by atoms with Crippen molar-refractivity contribution in [3.63, 3.8) is 0 Å². The van der Waals surface area contributed by atoms with Gasteiger partial charge in [0.15, 0.2) is 5.16 Å². The number of hydrogen-bond acceptors (Lipinski definition) is 4. The van der Waals surface area contributed by atoms with Crippen LogP contribution in [0.3, 0.4) is 0 Å². The van der Waals surface area contributed by atoms with Crippen LogP contribution in [0.5, 0.6) is 0 Å². The lowest BCUT2D eigenvalue weighted by molar-refractivity contribution is -0.384. The van der Waals surface area contributed by atoms with Crippen LogP contribution in [0.15, 0.2) is 53.7 Å². The third kappa shape index (κ3) is 2.75. The number of hydrogen-bond donors (Lipinski definition) is 0. The highest BCUT2D eigenvalue weighted by Crippen LogP contribution is 2.26. The molecule has 0 amide bonds. The summed E-state index contributed by atoms with van der Waals surface area (Å²) in [5.41, 5.74) is 3.08. The maximum absolute atomic E-state index is 10.8. The highest BCUT2D eigenvalue weighted by Gasteiger charge is 2.09. The number of aromatic nitrogens is 2. The smallest absolute Gasteiger partial charge is 0.269 e. The molecule has 0 fully saturated rings. The van der Waals surface area contributed by atoms with Crippen molar-refractivity contribution in [3.05, 3.63) is 64.2 Å². The molecule has 0 N–H and O–H groups in total. The Morgan fingerprint density at radius 1 is 1.24 bits per heavy atom. The van der Waals surface area contributed by atoms with Gasteiger partial charge in [0.05, 0.1) is 16.0 Å². The van der Waals surface area contributed by atoms with E-state index in [0.717, 1.165) is 21.8 Å². The first-order chi connectivity index (χ1) is 10.1. The molecule has 0 saturated heterocycles. The SMILES string of the molecule is Cn1c(SCc2cccc([N+](=O)[O-])c2)nc2ccccc21. The van der Waals surface area contributed by atoms with Crippen LogP contribution in [0.2, 0.25) is 0 Å². The first kappa shape index (κ1) is 13.6. The van der Waals surface area contributed by atoms with E-state index < -0.39 is 0 Å². The zero-order valence-electron chi connectivity index (χ0n) is 11.4. The Morgan fingerprint density at radius 3 is 2.81 bits per heavy atom. The average Bonchev–Trinajstić information content (AvgIpc) is 2.82. The molecule has 0 aliphatic rings. The number of thioether (sulfide) groups is 1. The molecular formula is C15H13N3O2S. The van der Waals surface area contributed by atoms with Gasteiger partial charge in [0.1, 0.15) is 0 Å². The van der Waals surface area contributed by atoms with Gasteiger partial charge in [0, 0.05) is 24.9 Å². The number of benzene rings is 2. The van der Waals surface area contributed by atoms with Crippen molar-refractivity contribution < 1.29 is 4.92 Å². The van der Waals surface area contributed by atoms with E-state index >= 15 is 0 Å². The van der Waals surface area contributed by atoms with Crippen molar-refractivity contribution in [2.45, 2.75) is 10.9 Å². The summed E-state index contributed by atoms with van der Waals surface area (Å²) < 4.78 is 2.04. The standard InChI is InChI=1S/C15H13N3O2S/c1-17-14-8-3-2-7-13(14)16-15(17)21-10-11-5-4-6-12(9-11)18(19)20/h2-9H,10H2,1H3. The maximum atomic E-state index is 10.8. The Bertz CT molecular complexity index is 814. The van der Waals surface area contributed by atoms with E-state index in [-0.39, 0.29) is 10.6 Å². The molecule has 1 aromatic heterocycles. The molecule has 6 heteroatoms. The van der Waals surface area contributed by atoms with Crippen LogP contribution in [0, 0.1) is 10.1 Å². The van der Waals surface area contributed by atoms with Gasteiger partial charge in [-0.15, -0.1) is 0 Å². The zero-order valence-corrected chi connectivity index (χ0v) is 12.2. The quantitative estimate of drug-likeness (QED) is 0.418. The monoisotopic (exact) mass is 299 g/mol. The Balaban J connectivity index is 1.82. The molecule has 0 radical (unpaired) electrons. The largest absolute Gasteiger partial charge is 0.322 e. The predicted molar refractivity (Wildman–Crippen MR) is 83.4 cm³/mol. The number of nitro benzene ring substituents is 1. The second kappa shape index (κ2) is 5.57. The Hall–Kier alpha value is -2.34. The zero-order chi connectivity index (χ0) is 14.8. The first-order valence-corrected chi connectivity index (χ1v) is 7.41. The highest BCUT2D eigenvalue weighted by molar-refractivity contribution is 7.98. The van der Waals surface area contributed by atoms with Crippen LogP contribution in [0.1, 0.15) is 5.56 Å². The van der Waals surface area contributed by atoms with Crippen molar-refractivity contribution >= 4 is 28.5 Å². The number of para-hydroxylation sites is 2. The number of imidazole rings is 1. The summed E-state index contributed by atoms with van der Waals surface area (Å²) in [7, 11) is 1.98. The Labute approximate surface area is 125 Å². The van der Waals surface area contributed by atoms with Gasteiger partial charge in [0.25, 0.3) is 5.69 Å². The normalized spacial score (nSPS) is 10.9. The second-order valence-corrected chi connectivity index (χ2v) is 5.60. The molecule has 3 aromatic rings. The molecule has 0 spiro atoms. The van der Waals surface area contributed by atoms with Gasteiger partial charge in [-0.2, -0.15) is 0 Å². The van der Waals surface area contributed by atoms with Gasteiger partial charge in [-0.3, -0.25) is 10.1 Å². The van der Waals surface area contributed by atoms with Crippen molar-refractivity contribution in [2.75, 3.05) is 0 Å². The van der Waals surface area contributed by atoms with Gasteiger partial charge >= 0.3 is 0 Å². The topological polar surface area (TPSA) is 61.0 Å². The number of nitro groups is 1. The van der Waals surface area contributed by atoms with Crippen LogP contribution in [-0.4, -0.2) is 14.5 Å². The molecule has 0 aliphatic heterocycles. The summed E-state index contributed by atoms with van der Waals surface area (Å²) in [5, 5.41) is 11.7. The molecule has 0 atom stereocenters. The van der Waals surface area contributed by atoms with Crippen LogP contribution >= 0.6 is 11.8 Å². The van der Waals surface area contributed by atoms with E-state index in [1.165, 1.54) is 6.07 Å². The number of nitrogens with zero attached hydrogens (tertiary/aromatic N) is 3. The van der Waals surface area contributed by atoms with Crippen molar-refractivity contribution in [2.24, 2.45) is 7.05 Å². The molecule has 2 aromatic carbocycles. The first-order valence-electron chi connectivity index (χ1n) is 6.43. The summed E-state index contributed by atoms with van der Waals surface area (Å²) in [4.78, 5) is 15.0. The van der Waals surface area contributed by atoms with Crippen LogP contribution in [0.25, 0.3) is 11.0 Å². The lowest BCUT2D eigenvalue weighted by Crippen LogP contribution is -1.92. The molecule has 0 aliphatic carbocycles. The summed E-state index contributed by atoms with van der Waals surface area (Å²) in [6, 6.07) is 14.7. The van der Waals surface area contributed by atoms with Crippen molar-refractivity contribution in [3.8, 4) is 0 Å². The minimum atomic E-state index is -0.372. The molecule has 0 bridgehead atoms. The number of fused-ring (bicyclic) bond motifs is 1. The fourth-order valence-corrected chi connectivity index (χ4v) is 3.09. The fourth-order valence-electron chi connectivity index (χ4n) is 2.16. The summed E-state index contributed by atoms with van der Waals surface area (Å²) in [6.45, 7) is 0. The van der Waals surface area contributed by atoms with E-state index in [1.807, 2.05) is 41.9 Å². The van der Waals surface area contributed by atoms with Crippen molar-refractivity contribution in [1.82, 2.24) is 9.55 Å². The molecule has 0 unspecified atom stereocenters. The summed E-state index contributed by atoms with van der Waals surface area (Å²) >= 11 is 1.58.